The highest BCUT2D eigenvalue weighted by Crippen LogP contribution is 2.15. The Morgan fingerprint density at radius 2 is 0.578 bits per heavy atom. The van der Waals surface area contributed by atoms with Crippen LogP contribution >= 0.6 is 0 Å². The zero-order valence-electron chi connectivity index (χ0n) is 30.6. The summed E-state index contributed by atoms with van der Waals surface area (Å²) in [4.78, 5) is 23.8. The van der Waals surface area contributed by atoms with Gasteiger partial charge in [0.25, 0.3) is 0 Å². The van der Waals surface area contributed by atoms with Crippen LogP contribution in [0, 0.1) is 0 Å². The fraction of sp³-hybridized carbons (Fsp3) is 0.950. The van der Waals surface area contributed by atoms with Gasteiger partial charge in [-0.3, -0.25) is 9.59 Å². The summed E-state index contributed by atoms with van der Waals surface area (Å²) in [6.07, 6.45) is 40.9. The molecule has 0 aromatic carbocycles. The van der Waals surface area contributed by atoms with Gasteiger partial charge in [0.05, 0.1) is 0 Å². The molecule has 0 atom stereocenters. The van der Waals surface area contributed by atoms with Gasteiger partial charge in [0.1, 0.15) is 13.2 Å². The molecule has 0 aromatic heterocycles. The van der Waals surface area contributed by atoms with Crippen LogP contribution in [0.1, 0.15) is 219 Å². The molecule has 0 aliphatic rings. The van der Waals surface area contributed by atoms with Crippen molar-refractivity contribution in [1.29, 1.82) is 0 Å². The van der Waals surface area contributed by atoms with Gasteiger partial charge in [-0.1, -0.05) is 194 Å². The SMILES string of the molecule is CCCCCCCCCCCCCCCCCC(=O)OCCNCCOC(=O)CCCCCCCCCCCCCCCCC. The molecule has 5 heteroatoms. The molecule has 268 valence electrons. The molecular formula is C40H79NO4. The van der Waals surface area contributed by atoms with Gasteiger partial charge in [-0.15, -0.1) is 0 Å². The normalized spacial score (nSPS) is 11.2. The Kier molecular flexibility index (Phi) is 38.1. The number of rotatable bonds is 38. The first kappa shape index (κ1) is 43.9. The lowest BCUT2D eigenvalue weighted by Gasteiger charge is -2.08. The summed E-state index contributed by atoms with van der Waals surface area (Å²) < 4.78 is 10.6. The maximum absolute atomic E-state index is 11.9. The highest BCUT2D eigenvalue weighted by Gasteiger charge is 2.04. The molecule has 0 radical (unpaired) electrons. The van der Waals surface area contributed by atoms with Crippen LogP contribution in [-0.4, -0.2) is 38.2 Å². The van der Waals surface area contributed by atoms with Gasteiger partial charge in [0, 0.05) is 25.9 Å². The Labute approximate surface area is 281 Å². The van der Waals surface area contributed by atoms with Crippen LogP contribution in [0.4, 0.5) is 0 Å². The maximum Gasteiger partial charge on any atom is 0.305 e. The monoisotopic (exact) mass is 638 g/mol. The number of carbonyl (C=O) groups is 2. The molecule has 0 aromatic rings. The minimum atomic E-state index is -0.0959. The molecule has 0 fully saturated rings. The number of ether oxygens (including phenoxy) is 2. The molecule has 0 aliphatic heterocycles. The molecule has 0 saturated carbocycles. The lowest BCUT2D eigenvalue weighted by atomic mass is 10.0. The highest BCUT2D eigenvalue weighted by atomic mass is 16.5. The van der Waals surface area contributed by atoms with Gasteiger partial charge in [-0.05, 0) is 12.8 Å². The Morgan fingerprint density at radius 1 is 0.356 bits per heavy atom. The zero-order valence-corrected chi connectivity index (χ0v) is 30.6. The quantitative estimate of drug-likeness (QED) is 0.0539. The first-order valence-electron chi connectivity index (χ1n) is 20.2. The van der Waals surface area contributed by atoms with Crippen LogP contribution in [0.2, 0.25) is 0 Å². The highest BCUT2D eigenvalue weighted by molar-refractivity contribution is 5.69. The predicted molar refractivity (Wildman–Crippen MR) is 194 cm³/mol. The topological polar surface area (TPSA) is 64.6 Å². The van der Waals surface area contributed by atoms with Gasteiger partial charge in [-0.2, -0.15) is 0 Å². The summed E-state index contributed by atoms with van der Waals surface area (Å²) in [5.41, 5.74) is 0. The van der Waals surface area contributed by atoms with Crippen molar-refractivity contribution in [2.75, 3.05) is 26.3 Å². The van der Waals surface area contributed by atoms with E-state index in [1.54, 1.807) is 0 Å². The van der Waals surface area contributed by atoms with Crippen LogP contribution < -0.4 is 5.32 Å². The van der Waals surface area contributed by atoms with Gasteiger partial charge in [0.15, 0.2) is 0 Å². The first-order chi connectivity index (χ1) is 22.2. The molecule has 0 heterocycles. The number of hydrogen-bond acceptors (Lipinski definition) is 5. The summed E-state index contributed by atoms with van der Waals surface area (Å²) >= 11 is 0. The molecule has 0 rings (SSSR count). The number of carbonyl (C=O) groups excluding carboxylic acids is 2. The number of unbranched alkanes of at least 4 members (excludes halogenated alkanes) is 28. The lowest BCUT2D eigenvalue weighted by Crippen LogP contribution is -2.26. The molecule has 5 nitrogen and oxygen atoms in total. The third kappa shape index (κ3) is 39.0. The van der Waals surface area contributed by atoms with E-state index in [1.807, 2.05) is 0 Å². The van der Waals surface area contributed by atoms with E-state index >= 15 is 0 Å². The number of nitrogens with one attached hydrogen (secondary N) is 1. The fourth-order valence-corrected chi connectivity index (χ4v) is 6.02. The molecule has 0 bridgehead atoms. The van der Waals surface area contributed by atoms with Gasteiger partial charge >= 0.3 is 11.9 Å². The fourth-order valence-electron chi connectivity index (χ4n) is 6.02. The first-order valence-corrected chi connectivity index (χ1v) is 20.2. The van der Waals surface area contributed by atoms with Crippen molar-refractivity contribution in [3.05, 3.63) is 0 Å². The molecule has 0 amide bonds. The lowest BCUT2D eigenvalue weighted by molar-refractivity contribution is -0.143. The van der Waals surface area contributed by atoms with Crippen molar-refractivity contribution >= 4 is 11.9 Å². The standard InChI is InChI=1S/C40H79NO4/c1-3-5-7-9-11-13-15-17-19-21-23-25-27-29-31-33-39(42)44-37-35-41-36-38-45-40(43)34-32-30-28-26-24-22-20-18-16-14-12-10-8-6-4-2/h41H,3-38H2,1-2H3. The minimum absolute atomic E-state index is 0.0959. The van der Waals surface area contributed by atoms with Crippen LogP contribution in [0.15, 0.2) is 0 Å². The van der Waals surface area contributed by atoms with Gasteiger partial charge < -0.3 is 14.8 Å². The van der Waals surface area contributed by atoms with E-state index < -0.39 is 0 Å². The predicted octanol–water partition coefficient (Wildman–Crippen LogP) is 12.2. The van der Waals surface area contributed by atoms with E-state index in [0.717, 1.165) is 25.7 Å². The summed E-state index contributed by atoms with van der Waals surface area (Å²) in [6.45, 7) is 6.51. The van der Waals surface area contributed by atoms with Crippen LogP contribution in [0.5, 0.6) is 0 Å². The van der Waals surface area contributed by atoms with Gasteiger partial charge in [0.2, 0.25) is 0 Å². The van der Waals surface area contributed by atoms with Crippen LogP contribution in [0.3, 0.4) is 0 Å². The molecule has 0 aliphatic carbocycles. The van der Waals surface area contributed by atoms with Crippen molar-refractivity contribution in [2.24, 2.45) is 0 Å². The van der Waals surface area contributed by atoms with Crippen LogP contribution in [0.25, 0.3) is 0 Å². The zero-order chi connectivity index (χ0) is 32.7. The van der Waals surface area contributed by atoms with Crippen molar-refractivity contribution in [2.45, 2.75) is 219 Å². The van der Waals surface area contributed by atoms with E-state index in [2.05, 4.69) is 19.2 Å². The molecule has 0 saturated heterocycles. The Balaban J connectivity index is 3.24. The van der Waals surface area contributed by atoms with Crippen molar-refractivity contribution in [3.8, 4) is 0 Å². The maximum atomic E-state index is 11.9. The molecule has 1 N–H and O–H groups in total. The average molecular weight is 638 g/mol. The molecule has 0 spiro atoms. The second-order valence-electron chi connectivity index (χ2n) is 13.6. The average Bonchev–Trinajstić information content (AvgIpc) is 3.04. The molecular weight excluding hydrogens is 558 g/mol. The van der Waals surface area contributed by atoms with E-state index in [9.17, 15) is 9.59 Å². The summed E-state index contributed by atoms with van der Waals surface area (Å²) in [5.74, 6) is -0.192. The number of esters is 2. The Hall–Kier alpha value is -1.10. The summed E-state index contributed by atoms with van der Waals surface area (Å²) in [7, 11) is 0. The van der Waals surface area contributed by atoms with E-state index in [1.165, 1.54) is 167 Å². The smallest absolute Gasteiger partial charge is 0.305 e. The van der Waals surface area contributed by atoms with Crippen LogP contribution in [-0.2, 0) is 19.1 Å². The molecule has 45 heavy (non-hydrogen) atoms. The van der Waals surface area contributed by atoms with Gasteiger partial charge in [-0.25, -0.2) is 0 Å². The third-order valence-electron chi connectivity index (χ3n) is 9.05. The largest absolute Gasteiger partial charge is 0.464 e. The Morgan fingerprint density at radius 3 is 0.822 bits per heavy atom. The van der Waals surface area contributed by atoms with Crippen molar-refractivity contribution in [1.82, 2.24) is 5.32 Å². The van der Waals surface area contributed by atoms with Crippen molar-refractivity contribution in [3.63, 3.8) is 0 Å². The van der Waals surface area contributed by atoms with E-state index in [0.29, 0.717) is 39.1 Å². The second-order valence-corrected chi connectivity index (χ2v) is 13.6. The summed E-state index contributed by atoms with van der Waals surface area (Å²) in [6, 6.07) is 0. The third-order valence-corrected chi connectivity index (χ3v) is 9.05. The summed E-state index contributed by atoms with van der Waals surface area (Å²) in [5, 5.41) is 3.19. The molecule has 0 unspecified atom stereocenters. The second kappa shape index (κ2) is 39.1. The minimum Gasteiger partial charge on any atom is -0.464 e. The number of hydrogen-bond donors (Lipinski definition) is 1. The van der Waals surface area contributed by atoms with Crippen molar-refractivity contribution < 1.29 is 19.1 Å². The Bertz CT molecular complexity index is 547. The van der Waals surface area contributed by atoms with E-state index in [-0.39, 0.29) is 11.9 Å². The van der Waals surface area contributed by atoms with E-state index in [4.69, 9.17) is 9.47 Å².